The molecule has 1 aliphatic heterocycles. The van der Waals surface area contributed by atoms with Gasteiger partial charge in [-0.25, -0.2) is 17.9 Å². The summed E-state index contributed by atoms with van der Waals surface area (Å²) in [5.41, 5.74) is 0. The van der Waals surface area contributed by atoms with E-state index in [0.29, 0.717) is 13.0 Å². The number of ether oxygens (including phenoxy) is 1. The molecule has 1 amide bonds. The number of hydrogen-bond acceptors (Lipinski definition) is 5. The van der Waals surface area contributed by atoms with Crippen LogP contribution in [0.2, 0.25) is 18.1 Å². The van der Waals surface area contributed by atoms with Crippen molar-refractivity contribution in [3.63, 3.8) is 0 Å². The fourth-order valence-electron chi connectivity index (χ4n) is 2.53. The first kappa shape index (κ1) is 23.9. The molecule has 0 radical (unpaired) electrons. The van der Waals surface area contributed by atoms with Crippen LogP contribution in [-0.4, -0.2) is 65.8 Å². The van der Waals surface area contributed by atoms with Crippen LogP contribution in [0.25, 0.3) is 0 Å². The highest BCUT2D eigenvalue weighted by Gasteiger charge is 2.43. The Morgan fingerprint density at radius 3 is 2.52 bits per heavy atom. The van der Waals surface area contributed by atoms with Crippen molar-refractivity contribution in [1.29, 1.82) is 0 Å². The molecule has 0 aliphatic carbocycles. The minimum atomic E-state index is -3.25. The van der Waals surface area contributed by atoms with Crippen LogP contribution >= 0.6 is 0 Å². The van der Waals surface area contributed by atoms with Crippen LogP contribution in [0.15, 0.2) is 24.8 Å². The molecular weight excluding hydrogens is 384 g/mol. The maximum absolute atomic E-state index is 12.4. The molecule has 7 nitrogen and oxygen atoms in total. The van der Waals surface area contributed by atoms with Crippen LogP contribution in [0.4, 0.5) is 4.79 Å². The van der Waals surface area contributed by atoms with Gasteiger partial charge in [0.1, 0.15) is 6.61 Å². The van der Waals surface area contributed by atoms with Gasteiger partial charge in [0.2, 0.25) is 10.0 Å². The van der Waals surface area contributed by atoms with Gasteiger partial charge in [0.05, 0.1) is 18.4 Å². The van der Waals surface area contributed by atoms with Crippen molar-refractivity contribution in [1.82, 2.24) is 9.62 Å². The van der Waals surface area contributed by atoms with Crippen LogP contribution in [-0.2, 0) is 19.2 Å². The van der Waals surface area contributed by atoms with E-state index in [-0.39, 0.29) is 30.3 Å². The minimum absolute atomic E-state index is 0.0697. The molecule has 0 aromatic heterocycles. The van der Waals surface area contributed by atoms with E-state index in [2.05, 4.69) is 45.2 Å². The van der Waals surface area contributed by atoms with Gasteiger partial charge in [-0.15, -0.1) is 0 Å². The third-order valence-corrected chi connectivity index (χ3v) is 10.2. The van der Waals surface area contributed by atoms with Crippen molar-refractivity contribution in [2.75, 3.05) is 26.0 Å². The summed E-state index contributed by atoms with van der Waals surface area (Å²) in [7, 11) is -5.21. The monoisotopic (exact) mass is 418 g/mol. The number of carbonyl (C=O) groups is 1. The van der Waals surface area contributed by atoms with Crippen LogP contribution in [0.3, 0.4) is 0 Å². The van der Waals surface area contributed by atoms with Crippen LogP contribution < -0.4 is 4.72 Å². The Bertz CT molecular complexity index is 655. The first-order valence-corrected chi connectivity index (χ1v) is 13.9. The SMILES string of the molecule is C=CCOC(=O)N1C[C@H](O[Si](C)(C)C(C)(C)C)C[C@H]1/C=C\CNS(C)(=O)=O. The summed E-state index contributed by atoms with van der Waals surface area (Å²) in [6.45, 7) is 15.3. The van der Waals surface area contributed by atoms with E-state index in [9.17, 15) is 13.2 Å². The van der Waals surface area contributed by atoms with Gasteiger partial charge in [-0.05, 0) is 24.6 Å². The van der Waals surface area contributed by atoms with Crippen LogP contribution in [0.1, 0.15) is 27.2 Å². The summed E-state index contributed by atoms with van der Waals surface area (Å²) >= 11 is 0. The number of nitrogens with zero attached hydrogens (tertiary/aromatic N) is 1. The Balaban J connectivity index is 2.85. The maximum atomic E-state index is 12.4. The smallest absolute Gasteiger partial charge is 0.410 e. The number of likely N-dealkylation sites (tertiary alicyclic amines) is 1. The zero-order valence-electron chi connectivity index (χ0n) is 17.3. The van der Waals surface area contributed by atoms with E-state index in [4.69, 9.17) is 9.16 Å². The minimum Gasteiger partial charge on any atom is -0.445 e. The Kier molecular flexibility index (Phi) is 8.27. The highest BCUT2D eigenvalue weighted by Crippen LogP contribution is 2.39. The Morgan fingerprint density at radius 2 is 2.00 bits per heavy atom. The molecule has 27 heavy (non-hydrogen) atoms. The lowest BCUT2D eigenvalue weighted by atomic mass is 10.2. The molecule has 0 spiro atoms. The van der Waals surface area contributed by atoms with E-state index in [0.717, 1.165) is 6.26 Å². The number of carbonyl (C=O) groups excluding carboxylic acids is 1. The van der Waals surface area contributed by atoms with Crippen molar-refractivity contribution in [3.8, 4) is 0 Å². The number of hydrogen-bond donors (Lipinski definition) is 1. The predicted octanol–water partition coefficient (Wildman–Crippen LogP) is 2.88. The first-order valence-electron chi connectivity index (χ1n) is 9.10. The lowest BCUT2D eigenvalue weighted by Gasteiger charge is -2.38. The zero-order chi connectivity index (χ0) is 20.9. The molecule has 0 saturated carbocycles. The molecule has 1 aliphatic rings. The largest absolute Gasteiger partial charge is 0.445 e. The van der Waals surface area contributed by atoms with Crippen molar-refractivity contribution in [2.45, 2.75) is 57.5 Å². The molecule has 1 N–H and O–H groups in total. The average Bonchev–Trinajstić information content (AvgIpc) is 2.89. The molecule has 2 atom stereocenters. The van der Waals surface area contributed by atoms with E-state index < -0.39 is 24.4 Å². The Labute approximate surface area is 165 Å². The summed E-state index contributed by atoms with van der Waals surface area (Å²) < 4.78 is 36.4. The molecule has 0 aromatic rings. The third-order valence-electron chi connectivity index (χ3n) is 4.95. The van der Waals surface area contributed by atoms with E-state index >= 15 is 0 Å². The van der Waals surface area contributed by atoms with E-state index in [1.54, 1.807) is 11.0 Å². The van der Waals surface area contributed by atoms with Gasteiger partial charge < -0.3 is 9.16 Å². The second-order valence-electron chi connectivity index (χ2n) is 8.37. The molecule has 0 bridgehead atoms. The molecule has 0 aromatic carbocycles. The predicted molar refractivity (Wildman–Crippen MR) is 111 cm³/mol. The summed E-state index contributed by atoms with van der Waals surface area (Å²) in [5.74, 6) is 0. The fraction of sp³-hybridized carbons (Fsp3) is 0.722. The van der Waals surface area contributed by atoms with Gasteiger partial charge in [-0.3, -0.25) is 4.90 Å². The van der Waals surface area contributed by atoms with Gasteiger partial charge in [0.15, 0.2) is 8.32 Å². The van der Waals surface area contributed by atoms with Crippen molar-refractivity contribution < 1.29 is 22.4 Å². The fourth-order valence-corrected chi connectivity index (χ4v) is 4.29. The summed E-state index contributed by atoms with van der Waals surface area (Å²) in [4.78, 5) is 14.0. The first-order chi connectivity index (χ1) is 12.3. The van der Waals surface area contributed by atoms with Crippen molar-refractivity contribution in [2.24, 2.45) is 0 Å². The van der Waals surface area contributed by atoms with Gasteiger partial charge in [-0.2, -0.15) is 0 Å². The average molecular weight is 419 g/mol. The van der Waals surface area contributed by atoms with Gasteiger partial charge in [-0.1, -0.05) is 45.6 Å². The van der Waals surface area contributed by atoms with Crippen LogP contribution in [0, 0.1) is 0 Å². The van der Waals surface area contributed by atoms with Gasteiger partial charge in [0.25, 0.3) is 0 Å². The normalized spacial score (nSPS) is 21.6. The molecule has 156 valence electrons. The number of nitrogens with one attached hydrogen (secondary N) is 1. The van der Waals surface area contributed by atoms with E-state index in [1.165, 1.54) is 6.08 Å². The Morgan fingerprint density at radius 1 is 1.37 bits per heavy atom. The summed E-state index contributed by atoms with van der Waals surface area (Å²) in [6.07, 6.45) is 6.36. The number of sulfonamides is 1. The molecule has 1 fully saturated rings. The second kappa shape index (κ2) is 9.36. The molecule has 1 heterocycles. The quantitative estimate of drug-likeness (QED) is 0.484. The molecule has 0 unspecified atom stereocenters. The standard InChI is InChI=1S/C18H34N2O5SSi/c1-8-12-24-17(21)20-14-16(25-27(6,7)18(2,3)4)13-15(20)10-9-11-19-26(5,22)23/h8-10,15-16,19H,1,11-14H2,2-7H3/b10-9-/t15-,16-/m1/s1. The summed E-state index contributed by atoms with van der Waals surface area (Å²) in [6, 6.07) is -0.196. The third kappa shape index (κ3) is 7.77. The van der Waals surface area contributed by atoms with Crippen molar-refractivity contribution in [3.05, 3.63) is 24.8 Å². The highest BCUT2D eigenvalue weighted by atomic mass is 32.2. The zero-order valence-corrected chi connectivity index (χ0v) is 19.1. The number of amides is 1. The molecule has 1 rings (SSSR count). The maximum Gasteiger partial charge on any atom is 0.410 e. The lowest BCUT2D eigenvalue weighted by molar-refractivity contribution is 0.108. The van der Waals surface area contributed by atoms with Gasteiger partial charge in [0, 0.05) is 13.1 Å². The Hall–Kier alpha value is -1.16. The molecular formula is C18H34N2O5SSi. The number of rotatable bonds is 8. The topological polar surface area (TPSA) is 84.9 Å². The highest BCUT2D eigenvalue weighted by molar-refractivity contribution is 7.88. The molecule has 9 heteroatoms. The van der Waals surface area contributed by atoms with Gasteiger partial charge >= 0.3 is 6.09 Å². The van der Waals surface area contributed by atoms with E-state index in [1.807, 2.05) is 6.08 Å². The summed E-state index contributed by atoms with van der Waals surface area (Å²) in [5, 5.41) is 0.0779. The molecule has 1 saturated heterocycles. The second-order valence-corrected chi connectivity index (χ2v) is 15.0. The van der Waals surface area contributed by atoms with Crippen LogP contribution in [0.5, 0.6) is 0 Å². The lowest BCUT2D eigenvalue weighted by Crippen LogP contribution is -2.44. The van der Waals surface area contributed by atoms with Crippen molar-refractivity contribution >= 4 is 24.4 Å².